The van der Waals surface area contributed by atoms with E-state index < -0.39 is 11.6 Å². The second kappa shape index (κ2) is 9.24. The highest BCUT2D eigenvalue weighted by molar-refractivity contribution is 5.80. The van der Waals surface area contributed by atoms with Crippen LogP contribution in [0, 0.1) is 17.5 Å². The van der Waals surface area contributed by atoms with Gasteiger partial charge in [-0.15, -0.1) is 0 Å². The zero-order chi connectivity index (χ0) is 19.1. The average molecular weight is 365 g/mol. The van der Waals surface area contributed by atoms with Gasteiger partial charge in [0.2, 0.25) is 0 Å². The van der Waals surface area contributed by atoms with Crippen molar-refractivity contribution < 1.29 is 17.9 Å². The Hall–Kier alpha value is -2.54. The molecule has 0 aliphatic heterocycles. The summed E-state index contributed by atoms with van der Waals surface area (Å²) in [5.41, 5.74) is 1.93. The largest absolute Gasteiger partial charge is 0.380 e. The van der Waals surface area contributed by atoms with Gasteiger partial charge in [0, 0.05) is 26.3 Å². The maximum atomic E-state index is 13.6. The van der Waals surface area contributed by atoms with Crippen LogP contribution in [0.2, 0.25) is 0 Å². The van der Waals surface area contributed by atoms with E-state index >= 15 is 0 Å². The number of benzene rings is 2. The minimum atomic E-state index is -0.893. The Morgan fingerprint density at radius 2 is 1.81 bits per heavy atom. The third-order valence-electron chi connectivity index (χ3n) is 3.89. The number of nitrogens with zero attached hydrogens (tertiary/aromatic N) is 1. The Morgan fingerprint density at radius 3 is 2.46 bits per heavy atom. The topological polar surface area (TPSA) is 45.7 Å². The lowest BCUT2D eigenvalue weighted by Crippen LogP contribution is -2.38. The van der Waals surface area contributed by atoms with Crippen LogP contribution in [0.25, 0.3) is 0 Å². The van der Waals surface area contributed by atoms with E-state index in [-0.39, 0.29) is 18.5 Å². The van der Waals surface area contributed by atoms with Crippen LogP contribution in [0.1, 0.15) is 29.7 Å². The van der Waals surface area contributed by atoms with Crippen LogP contribution in [0.5, 0.6) is 0 Å². The van der Waals surface area contributed by atoms with Crippen LogP contribution in [0.4, 0.5) is 13.2 Å². The minimum Gasteiger partial charge on any atom is -0.380 e. The molecule has 26 heavy (non-hydrogen) atoms. The summed E-state index contributed by atoms with van der Waals surface area (Å²) in [7, 11) is 3.12. The van der Waals surface area contributed by atoms with Gasteiger partial charge in [-0.25, -0.2) is 13.2 Å². The molecule has 0 amide bonds. The molecule has 2 N–H and O–H groups in total. The first-order valence-electron chi connectivity index (χ1n) is 8.13. The summed E-state index contributed by atoms with van der Waals surface area (Å²) in [6.07, 6.45) is 0. The molecular formula is C19H22F3N3O. The highest BCUT2D eigenvalue weighted by atomic mass is 19.2. The molecule has 0 saturated carbocycles. The molecule has 0 saturated heterocycles. The molecule has 0 radical (unpaired) electrons. The molecule has 7 heteroatoms. The van der Waals surface area contributed by atoms with Crippen LogP contribution in [-0.4, -0.2) is 20.1 Å². The predicted octanol–water partition coefficient (Wildman–Crippen LogP) is 3.68. The lowest BCUT2D eigenvalue weighted by atomic mass is 10.1. The van der Waals surface area contributed by atoms with Crippen molar-refractivity contribution in [1.29, 1.82) is 0 Å². The Labute approximate surface area is 151 Å². The number of nitrogens with one attached hydrogen (secondary N) is 2. The quantitative estimate of drug-likeness (QED) is 0.606. The molecule has 4 nitrogen and oxygen atoms in total. The van der Waals surface area contributed by atoms with Crippen LogP contribution in [-0.2, 0) is 17.9 Å². The zero-order valence-electron chi connectivity index (χ0n) is 14.9. The number of ether oxygens (including phenoxy) is 1. The van der Waals surface area contributed by atoms with E-state index in [4.69, 9.17) is 4.74 Å². The monoisotopic (exact) mass is 365 g/mol. The van der Waals surface area contributed by atoms with E-state index in [1.54, 1.807) is 19.2 Å². The minimum absolute atomic E-state index is 0.194. The Morgan fingerprint density at radius 1 is 1.08 bits per heavy atom. The van der Waals surface area contributed by atoms with E-state index in [1.807, 2.05) is 6.92 Å². The summed E-state index contributed by atoms with van der Waals surface area (Å²) < 4.78 is 45.0. The van der Waals surface area contributed by atoms with Crippen molar-refractivity contribution in [2.24, 2.45) is 4.99 Å². The SMILES string of the molecule is CN=C(NCc1ccc(F)c(COC)c1)NC(C)c1ccc(F)c(F)c1. The standard InChI is InChI=1S/C19H22F3N3O/c1-12(14-5-7-17(21)18(22)9-14)25-19(23-2)24-10-13-4-6-16(20)15(8-13)11-26-3/h4-9,12H,10-11H2,1-3H3,(H2,23,24,25). The molecule has 1 unspecified atom stereocenters. The van der Waals surface area contributed by atoms with Gasteiger partial charge in [-0.1, -0.05) is 12.1 Å². The first-order valence-corrected chi connectivity index (χ1v) is 8.13. The van der Waals surface area contributed by atoms with Gasteiger partial charge in [-0.3, -0.25) is 4.99 Å². The molecule has 0 aliphatic carbocycles. The smallest absolute Gasteiger partial charge is 0.191 e. The van der Waals surface area contributed by atoms with E-state index in [2.05, 4.69) is 15.6 Å². The predicted molar refractivity (Wildman–Crippen MR) is 95.2 cm³/mol. The van der Waals surface area contributed by atoms with Gasteiger partial charge < -0.3 is 15.4 Å². The molecule has 2 aromatic rings. The van der Waals surface area contributed by atoms with E-state index in [1.165, 1.54) is 19.2 Å². The summed E-state index contributed by atoms with van der Waals surface area (Å²) >= 11 is 0. The zero-order valence-corrected chi connectivity index (χ0v) is 14.9. The third kappa shape index (κ3) is 5.23. The van der Waals surface area contributed by atoms with Crippen LogP contribution >= 0.6 is 0 Å². The normalized spacial score (nSPS) is 12.8. The van der Waals surface area contributed by atoms with Crippen LogP contribution in [0.3, 0.4) is 0 Å². The van der Waals surface area contributed by atoms with E-state index in [0.29, 0.717) is 23.6 Å². The average Bonchev–Trinajstić information content (AvgIpc) is 2.63. The summed E-state index contributed by atoms with van der Waals surface area (Å²) in [5, 5.41) is 6.21. The number of rotatable bonds is 6. The fourth-order valence-electron chi connectivity index (χ4n) is 2.45. The van der Waals surface area contributed by atoms with Crippen molar-refractivity contribution in [2.45, 2.75) is 26.1 Å². The van der Waals surface area contributed by atoms with Gasteiger partial charge in [0.15, 0.2) is 17.6 Å². The van der Waals surface area contributed by atoms with Gasteiger partial charge >= 0.3 is 0 Å². The lowest BCUT2D eigenvalue weighted by molar-refractivity contribution is 0.181. The summed E-state index contributed by atoms with van der Waals surface area (Å²) in [4.78, 5) is 4.11. The van der Waals surface area contributed by atoms with Crippen molar-refractivity contribution in [1.82, 2.24) is 10.6 Å². The number of methoxy groups -OCH3 is 1. The first-order chi connectivity index (χ1) is 12.4. The van der Waals surface area contributed by atoms with Gasteiger partial charge in [-0.2, -0.15) is 0 Å². The van der Waals surface area contributed by atoms with Crippen LogP contribution in [0.15, 0.2) is 41.4 Å². The molecule has 2 rings (SSSR count). The van der Waals surface area contributed by atoms with Crippen LogP contribution < -0.4 is 10.6 Å². The highest BCUT2D eigenvalue weighted by Gasteiger charge is 2.11. The molecule has 0 aromatic heterocycles. The van der Waals surface area contributed by atoms with Crippen molar-refractivity contribution in [2.75, 3.05) is 14.2 Å². The maximum absolute atomic E-state index is 13.6. The summed E-state index contributed by atoms with van der Waals surface area (Å²) in [6.45, 7) is 2.43. The molecule has 0 aliphatic rings. The molecule has 0 bridgehead atoms. The Kier molecular flexibility index (Phi) is 7.03. The van der Waals surface area contributed by atoms with E-state index in [9.17, 15) is 13.2 Å². The molecule has 1 atom stereocenters. The first kappa shape index (κ1) is 19.8. The second-order valence-corrected chi connectivity index (χ2v) is 5.82. The molecular weight excluding hydrogens is 343 g/mol. The second-order valence-electron chi connectivity index (χ2n) is 5.82. The summed E-state index contributed by atoms with van der Waals surface area (Å²) in [5.74, 6) is -1.60. The number of guanidine groups is 1. The number of hydrogen-bond donors (Lipinski definition) is 2. The van der Waals surface area contributed by atoms with Gasteiger partial charge in [0.05, 0.1) is 12.6 Å². The third-order valence-corrected chi connectivity index (χ3v) is 3.89. The molecule has 2 aromatic carbocycles. The van der Waals surface area contributed by atoms with Gasteiger partial charge in [0.25, 0.3) is 0 Å². The van der Waals surface area contributed by atoms with Gasteiger partial charge in [-0.05, 0) is 42.3 Å². The highest BCUT2D eigenvalue weighted by Crippen LogP contribution is 2.16. The van der Waals surface area contributed by atoms with Crippen molar-refractivity contribution in [3.05, 3.63) is 70.5 Å². The number of hydrogen-bond acceptors (Lipinski definition) is 2. The molecule has 0 heterocycles. The fraction of sp³-hybridized carbons (Fsp3) is 0.316. The fourth-order valence-corrected chi connectivity index (χ4v) is 2.45. The van der Waals surface area contributed by atoms with Crippen molar-refractivity contribution in [3.8, 4) is 0 Å². The Balaban J connectivity index is 1.99. The van der Waals surface area contributed by atoms with E-state index in [0.717, 1.165) is 17.7 Å². The molecule has 0 spiro atoms. The summed E-state index contributed by atoms with van der Waals surface area (Å²) in [6, 6.07) is 8.26. The number of halogens is 3. The van der Waals surface area contributed by atoms with Crippen molar-refractivity contribution >= 4 is 5.96 Å². The maximum Gasteiger partial charge on any atom is 0.191 e. The van der Waals surface area contributed by atoms with Gasteiger partial charge in [0.1, 0.15) is 5.82 Å². The molecule has 0 fully saturated rings. The lowest BCUT2D eigenvalue weighted by Gasteiger charge is -2.18. The molecule has 140 valence electrons. The number of aliphatic imine (C=N–C) groups is 1. The Bertz CT molecular complexity index is 781. The van der Waals surface area contributed by atoms with Crippen molar-refractivity contribution in [3.63, 3.8) is 0 Å².